The highest BCUT2D eigenvalue weighted by Crippen LogP contribution is 2.41. The van der Waals surface area contributed by atoms with Crippen molar-refractivity contribution < 1.29 is 18.7 Å². The van der Waals surface area contributed by atoms with E-state index in [1.165, 1.54) is 13.2 Å². The van der Waals surface area contributed by atoms with Crippen LogP contribution >= 0.6 is 0 Å². The Labute approximate surface area is 132 Å². The zero-order valence-corrected chi connectivity index (χ0v) is 13.0. The first-order valence-electron chi connectivity index (χ1n) is 7.04. The van der Waals surface area contributed by atoms with Crippen molar-refractivity contribution in [3.63, 3.8) is 0 Å². The lowest BCUT2D eigenvalue weighted by Gasteiger charge is -2.26. The minimum Gasteiger partial charge on any atom is -0.466 e. The molecular weight excluding hydrogens is 298 g/mol. The van der Waals surface area contributed by atoms with Gasteiger partial charge in [0.1, 0.15) is 11.5 Å². The Hall–Kier alpha value is -2.89. The van der Waals surface area contributed by atoms with Gasteiger partial charge >= 0.3 is 5.97 Å². The Balaban J connectivity index is 2.31. The Morgan fingerprint density at radius 2 is 2.13 bits per heavy atom. The van der Waals surface area contributed by atoms with Gasteiger partial charge < -0.3 is 13.9 Å². The van der Waals surface area contributed by atoms with Crippen LogP contribution in [0.2, 0.25) is 0 Å². The summed E-state index contributed by atoms with van der Waals surface area (Å²) in [6.45, 7) is 3.31. The second-order valence-corrected chi connectivity index (χ2v) is 5.21. The molecule has 2 aromatic heterocycles. The highest BCUT2D eigenvalue weighted by molar-refractivity contribution is 5.92. The highest BCUT2D eigenvalue weighted by Gasteiger charge is 2.38. The van der Waals surface area contributed by atoms with Gasteiger partial charge in [0.25, 0.3) is 5.95 Å². The number of nitrogens with zero attached hydrogens (tertiary/aromatic N) is 1. The van der Waals surface area contributed by atoms with E-state index in [1.54, 1.807) is 38.4 Å². The molecule has 0 saturated heterocycles. The van der Waals surface area contributed by atoms with Gasteiger partial charge in [-0.2, -0.15) is 0 Å². The molecule has 0 amide bonds. The molecule has 2 aromatic rings. The number of carbonyl (C=O) groups excluding carboxylic acids is 1. The molecule has 0 spiro atoms. The minimum absolute atomic E-state index is 0.106. The van der Waals surface area contributed by atoms with E-state index in [-0.39, 0.29) is 22.5 Å². The van der Waals surface area contributed by atoms with Gasteiger partial charge in [-0.15, -0.1) is 0 Å². The smallest absolute Gasteiger partial charge is 0.338 e. The molecule has 3 heterocycles. The van der Waals surface area contributed by atoms with Crippen molar-refractivity contribution >= 4 is 5.97 Å². The number of aryl methyl sites for hydroxylation is 1. The van der Waals surface area contributed by atoms with Crippen molar-refractivity contribution in [1.29, 1.82) is 0 Å². The quantitative estimate of drug-likeness (QED) is 0.792. The van der Waals surface area contributed by atoms with Gasteiger partial charge in [-0.3, -0.25) is 9.78 Å². The summed E-state index contributed by atoms with van der Waals surface area (Å²) in [6.07, 6.45) is 3.23. The zero-order chi connectivity index (χ0) is 16.6. The number of pyridine rings is 1. The van der Waals surface area contributed by atoms with Crippen LogP contribution in [0.4, 0.5) is 0 Å². The number of hydrogen-bond acceptors (Lipinski definition) is 6. The summed E-state index contributed by atoms with van der Waals surface area (Å²) in [5, 5.41) is 0. The summed E-state index contributed by atoms with van der Waals surface area (Å²) in [7, 11) is 1.29. The molecule has 0 radical (unpaired) electrons. The summed E-state index contributed by atoms with van der Waals surface area (Å²) < 4.78 is 16.0. The maximum Gasteiger partial charge on any atom is 0.338 e. The van der Waals surface area contributed by atoms with Crippen LogP contribution in [0.1, 0.15) is 29.7 Å². The second-order valence-electron chi connectivity index (χ2n) is 5.21. The van der Waals surface area contributed by atoms with Gasteiger partial charge in [-0.1, -0.05) is 6.07 Å². The molecule has 1 aliphatic heterocycles. The zero-order valence-electron chi connectivity index (χ0n) is 13.0. The highest BCUT2D eigenvalue weighted by atomic mass is 16.6. The van der Waals surface area contributed by atoms with Crippen LogP contribution in [0.3, 0.4) is 0 Å². The predicted octanol–water partition coefficient (Wildman–Crippen LogP) is 2.31. The lowest BCUT2D eigenvalue weighted by molar-refractivity contribution is -0.136. The summed E-state index contributed by atoms with van der Waals surface area (Å²) in [5.74, 6) is -0.312. The molecule has 6 nitrogen and oxygen atoms in total. The standard InChI is InChI=1S/C17H15NO5/c1-9-7-12(19)15-14(11-5-4-6-18-8-11)13(16(20)21-3)10(2)23-17(15)22-9/h4-8,14H,1-3H3/t14-/m0/s1. The van der Waals surface area contributed by atoms with E-state index in [0.29, 0.717) is 17.1 Å². The average molecular weight is 313 g/mol. The fraction of sp³-hybridized carbons (Fsp3) is 0.235. The molecule has 3 rings (SSSR count). The third kappa shape index (κ3) is 2.52. The van der Waals surface area contributed by atoms with Crippen molar-refractivity contribution in [2.75, 3.05) is 7.11 Å². The Morgan fingerprint density at radius 1 is 1.35 bits per heavy atom. The molecule has 1 aliphatic rings. The van der Waals surface area contributed by atoms with E-state index in [2.05, 4.69) is 4.98 Å². The lowest BCUT2D eigenvalue weighted by Crippen LogP contribution is -2.27. The van der Waals surface area contributed by atoms with Gasteiger partial charge in [0.2, 0.25) is 0 Å². The van der Waals surface area contributed by atoms with Crippen LogP contribution in [-0.2, 0) is 9.53 Å². The molecule has 0 unspecified atom stereocenters. The topological polar surface area (TPSA) is 78.6 Å². The molecule has 0 bridgehead atoms. The Bertz CT molecular complexity index is 851. The molecule has 23 heavy (non-hydrogen) atoms. The third-order valence-corrected chi connectivity index (χ3v) is 3.70. The van der Waals surface area contributed by atoms with E-state index in [0.717, 1.165) is 0 Å². The average Bonchev–Trinajstić information content (AvgIpc) is 2.53. The van der Waals surface area contributed by atoms with Gasteiger partial charge in [0.05, 0.1) is 24.2 Å². The molecule has 6 heteroatoms. The number of ether oxygens (including phenoxy) is 2. The number of fused-ring (bicyclic) bond motifs is 1. The number of aromatic nitrogens is 1. The van der Waals surface area contributed by atoms with Crippen LogP contribution in [0.15, 0.2) is 51.1 Å². The van der Waals surface area contributed by atoms with Crippen molar-refractivity contribution in [2.24, 2.45) is 0 Å². The van der Waals surface area contributed by atoms with Crippen LogP contribution in [0.25, 0.3) is 0 Å². The molecule has 0 fully saturated rings. The van der Waals surface area contributed by atoms with Gasteiger partial charge in [0, 0.05) is 18.5 Å². The minimum atomic E-state index is -0.642. The number of hydrogen-bond donors (Lipinski definition) is 0. The van der Waals surface area contributed by atoms with Crippen molar-refractivity contribution in [3.8, 4) is 5.95 Å². The Morgan fingerprint density at radius 3 is 2.78 bits per heavy atom. The van der Waals surface area contributed by atoms with E-state index in [1.807, 2.05) is 0 Å². The van der Waals surface area contributed by atoms with Crippen molar-refractivity contribution in [3.05, 3.63) is 69.0 Å². The first kappa shape index (κ1) is 15.0. The third-order valence-electron chi connectivity index (χ3n) is 3.70. The Kier molecular flexibility index (Phi) is 3.73. The van der Waals surface area contributed by atoms with E-state index in [4.69, 9.17) is 13.9 Å². The van der Waals surface area contributed by atoms with E-state index < -0.39 is 11.9 Å². The molecule has 0 saturated carbocycles. The van der Waals surface area contributed by atoms with Crippen molar-refractivity contribution in [1.82, 2.24) is 4.98 Å². The molecule has 0 aromatic carbocycles. The SMILES string of the molecule is COC(=O)C1=C(C)Oc2oc(C)cc(=O)c2[C@H]1c1cccnc1. The van der Waals surface area contributed by atoms with Gasteiger partial charge in [0.15, 0.2) is 5.43 Å². The second kappa shape index (κ2) is 5.72. The van der Waals surface area contributed by atoms with Crippen LogP contribution in [0.5, 0.6) is 5.95 Å². The number of esters is 1. The van der Waals surface area contributed by atoms with Gasteiger partial charge in [-0.25, -0.2) is 4.79 Å². The van der Waals surface area contributed by atoms with Gasteiger partial charge in [-0.05, 0) is 25.5 Å². The predicted molar refractivity (Wildman–Crippen MR) is 81.1 cm³/mol. The first-order valence-corrected chi connectivity index (χ1v) is 7.04. The number of allylic oxidation sites excluding steroid dienone is 1. The summed E-state index contributed by atoms with van der Waals surface area (Å²) in [5.41, 5.74) is 0.971. The molecule has 0 N–H and O–H groups in total. The lowest BCUT2D eigenvalue weighted by atomic mass is 9.84. The molecule has 118 valence electrons. The summed E-state index contributed by atoms with van der Waals surface area (Å²) >= 11 is 0. The van der Waals surface area contributed by atoms with E-state index >= 15 is 0 Å². The maximum atomic E-state index is 12.5. The number of rotatable bonds is 2. The van der Waals surface area contributed by atoms with Crippen LogP contribution in [0, 0.1) is 6.92 Å². The molecule has 0 aliphatic carbocycles. The number of methoxy groups -OCH3 is 1. The largest absolute Gasteiger partial charge is 0.466 e. The summed E-state index contributed by atoms with van der Waals surface area (Å²) in [4.78, 5) is 28.8. The van der Waals surface area contributed by atoms with Crippen molar-refractivity contribution in [2.45, 2.75) is 19.8 Å². The van der Waals surface area contributed by atoms with Crippen LogP contribution < -0.4 is 10.2 Å². The monoisotopic (exact) mass is 313 g/mol. The van der Waals surface area contributed by atoms with E-state index in [9.17, 15) is 9.59 Å². The summed E-state index contributed by atoms with van der Waals surface area (Å²) in [6, 6.07) is 4.91. The fourth-order valence-electron chi connectivity index (χ4n) is 2.72. The molecular formula is C17H15NO5. The normalized spacial score (nSPS) is 16.6. The number of carbonyl (C=O) groups is 1. The molecule has 1 atom stereocenters. The maximum absolute atomic E-state index is 12.5. The fourth-order valence-corrected chi connectivity index (χ4v) is 2.72. The first-order chi connectivity index (χ1) is 11.0. The van der Waals surface area contributed by atoms with Crippen LogP contribution in [-0.4, -0.2) is 18.1 Å².